The molecule has 0 saturated carbocycles. The SMILES string of the molecule is CCC1=C(C(=O)Oc2cnno2)CN(C(=O)NC(C)c2ccccc2)C(OC)=N1. The Morgan fingerprint density at radius 3 is 2.69 bits per heavy atom. The molecule has 10 nitrogen and oxygen atoms in total. The van der Waals surface area contributed by atoms with Gasteiger partial charge in [0.15, 0.2) is 0 Å². The number of carbonyl (C=O) groups excluding carboxylic acids is 2. The average Bonchev–Trinajstić information content (AvgIpc) is 3.26. The van der Waals surface area contributed by atoms with Crippen LogP contribution in [0.15, 0.2) is 57.3 Å². The van der Waals surface area contributed by atoms with Crippen molar-refractivity contribution in [3.63, 3.8) is 0 Å². The first kappa shape index (κ1) is 20.1. The summed E-state index contributed by atoms with van der Waals surface area (Å²) in [5.41, 5.74) is 1.61. The van der Waals surface area contributed by atoms with Crippen LogP contribution in [-0.2, 0) is 9.53 Å². The maximum absolute atomic E-state index is 12.9. The van der Waals surface area contributed by atoms with Crippen LogP contribution in [0.2, 0.25) is 0 Å². The zero-order valence-corrected chi connectivity index (χ0v) is 16.3. The van der Waals surface area contributed by atoms with Crippen LogP contribution in [0.3, 0.4) is 0 Å². The third-order valence-corrected chi connectivity index (χ3v) is 4.31. The van der Waals surface area contributed by atoms with Gasteiger partial charge in [-0.3, -0.25) is 4.52 Å². The van der Waals surface area contributed by atoms with Gasteiger partial charge in [-0.25, -0.2) is 19.5 Å². The number of hydrogen-bond donors (Lipinski definition) is 1. The van der Waals surface area contributed by atoms with E-state index in [9.17, 15) is 9.59 Å². The minimum Gasteiger partial charge on any atom is -0.468 e. The van der Waals surface area contributed by atoms with E-state index >= 15 is 0 Å². The zero-order chi connectivity index (χ0) is 20.8. The van der Waals surface area contributed by atoms with Gasteiger partial charge in [0.2, 0.25) is 0 Å². The first-order valence-electron chi connectivity index (χ1n) is 9.00. The number of rotatable bonds is 5. The Morgan fingerprint density at radius 1 is 1.31 bits per heavy atom. The van der Waals surface area contributed by atoms with E-state index in [2.05, 4.69) is 20.7 Å². The fourth-order valence-electron chi connectivity index (χ4n) is 2.79. The number of methoxy groups -OCH3 is 1. The summed E-state index contributed by atoms with van der Waals surface area (Å²) in [6.07, 6.45) is 1.62. The highest BCUT2D eigenvalue weighted by atomic mass is 16.7. The van der Waals surface area contributed by atoms with E-state index in [1.54, 1.807) is 0 Å². The van der Waals surface area contributed by atoms with E-state index < -0.39 is 12.0 Å². The smallest absolute Gasteiger partial charge is 0.345 e. The lowest BCUT2D eigenvalue weighted by Crippen LogP contribution is -2.48. The van der Waals surface area contributed by atoms with Crippen molar-refractivity contribution in [2.24, 2.45) is 4.99 Å². The number of aliphatic imine (C=N–C) groups is 1. The summed E-state index contributed by atoms with van der Waals surface area (Å²) in [6, 6.07) is 8.89. The summed E-state index contributed by atoms with van der Waals surface area (Å²) in [7, 11) is 1.41. The standard InChI is InChI=1S/C19H21N5O5/c1-4-15-14(17(25)28-16-10-20-23-29-16)11-24(19(22-15)27-3)18(26)21-12(2)13-8-6-5-7-9-13/h5-10,12H,4,11H2,1-3H3,(H,21,26). The Morgan fingerprint density at radius 2 is 2.07 bits per heavy atom. The number of ether oxygens (including phenoxy) is 2. The van der Waals surface area contributed by atoms with Crippen LogP contribution in [0, 0.1) is 0 Å². The van der Waals surface area contributed by atoms with E-state index in [1.807, 2.05) is 44.2 Å². The second-order valence-corrected chi connectivity index (χ2v) is 6.17. The summed E-state index contributed by atoms with van der Waals surface area (Å²) in [5, 5.41) is 9.59. The van der Waals surface area contributed by atoms with Crippen LogP contribution in [0.25, 0.3) is 0 Å². The molecule has 1 atom stereocenters. The second-order valence-electron chi connectivity index (χ2n) is 6.17. The minimum atomic E-state index is -0.701. The predicted molar refractivity (Wildman–Crippen MR) is 102 cm³/mol. The van der Waals surface area contributed by atoms with Crippen molar-refractivity contribution in [3.05, 3.63) is 53.4 Å². The molecule has 1 N–H and O–H groups in total. The molecule has 152 valence electrons. The molecule has 0 spiro atoms. The molecule has 0 aliphatic carbocycles. The third-order valence-electron chi connectivity index (χ3n) is 4.31. The maximum atomic E-state index is 12.9. The molecule has 1 aliphatic heterocycles. The molecule has 0 radical (unpaired) electrons. The number of esters is 1. The quantitative estimate of drug-likeness (QED) is 0.767. The molecule has 1 aromatic heterocycles. The van der Waals surface area contributed by atoms with Crippen molar-refractivity contribution in [3.8, 4) is 5.95 Å². The van der Waals surface area contributed by atoms with Crippen molar-refractivity contribution in [2.45, 2.75) is 26.3 Å². The first-order chi connectivity index (χ1) is 14.0. The van der Waals surface area contributed by atoms with Crippen LogP contribution in [0.5, 0.6) is 5.95 Å². The summed E-state index contributed by atoms with van der Waals surface area (Å²) >= 11 is 0. The molecule has 1 aromatic carbocycles. The van der Waals surface area contributed by atoms with Gasteiger partial charge in [-0.15, -0.1) is 5.10 Å². The van der Waals surface area contributed by atoms with Gasteiger partial charge in [0.25, 0.3) is 0 Å². The van der Waals surface area contributed by atoms with Crippen LogP contribution < -0.4 is 10.1 Å². The van der Waals surface area contributed by atoms with Crippen molar-refractivity contribution >= 4 is 18.0 Å². The van der Waals surface area contributed by atoms with Crippen LogP contribution >= 0.6 is 0 Å². The molecule has 1 unspecified atom stereocenters. The molecule has 0 fully saturated rings. The van der Waals surface area contributed by atoms with Crippen molar-refractivity contribution in [2.75, 3.05) is 13.7 Å². The number of amides is 2. The Hall–Kier alpha value is -3.69. The highest BCUT2D eigenvalue weighted by Gasteiger charge is 2.32. The number of allylic oxidation sites excluding steroid dienone is 1. The molecule has 1 aliphatic rings. The minimum absolute atomic E-state index is 0.0659. The number of amidine groups is 1. The number of urea groups is 1. The van der Waals surface area contributed by atoms with Gasteiger partial charge >= 0.3 is 24.0 Å². The molecule has 3 rings (SSSR count). The lowest BCUT2D eigenvalue weighted by Gasteiger charge is -2.29. The zero-order valence-electron chi connectivity index (χ0n) is 16.3. The van der Waals surface area contributed by atoms with Gasteiger partial charge in [-0.05, 0) is 18.9 Å². The topological polar surface area (TPSA) is 119 Å². The first-order valence-corrected chi connectivity index (χ1v) is 9.00. The van der Waals surface area contributed by atoms with Gasteiger partial charge in [0.1, 0.15) is 6.20 Å². The van der Waals surface area contributed by atoms with Gasteiger partial charge in [0.05, 0.1) is 31.0 Å². The predicted octanol–water partition coefficient (Wildman–Crippen LogP) is 2.43. The largest absolute Gasteiger partial charge is 0.468 e. The maximum Gasteiger partial charge on any atom is 0.345 e. The Balaban J connectivity index is 1.79. The Kier molecular flexibility index (Phi) is 6.22. The van der Waals surface area contributed by atoms with Crippen LogP contribution in [0.4, 0.5) is 4.79 Å². The number of benzene rings is 1. The van der Waals surface area contributed by atoms with E-state index in [4.69, 9.17) is 14.0 Å². The van der Waals surface area contributed by atoms with Gasteiger partial charge in [-0.2, -0.15) is 0 Å². The van der Waals surface area contributed by atoms with E-state index in [0.717, 1.165) is 5.56 Å². The van der Waals surface area contributed by atoms with Crippen molar-refractivity contribution in [1.82, 2.24) is 20.6 Å². The van der Waals surface area contributed by atoms with Crippen LogP contribution in [-0.4, -0.2) is 46.9 Å². The molecule has 29 heavy (non-hydrogen) atoms. The number of aromatic nitrogens is 2. The average molecular weight is 399 g/mol. The summed E-state index contributed by atoms with van der Waals surface area (Å²) in [4.78, 5) is 31.0. The second kappa shape index (κ2) is 9.00. The van der Waals surface area contributed by atoms with Crippen molar-refractivity contribution in [1.29, 1.82) is 0 Å². The van der Waals surface area contributed by atoms with Gasteiger partial charge in [0, 0.05) is 5.27 Å². The molecule has 2 aromatic rings. The summed E-state index contributed by atoms with van der Waals surface area (Å²) in [6.45, 7) is 3.63. The molecule has 0 saturated heterocycles. The van der Waals surface area contributed by atoms with E-state index in [-0.39, 0.29) is 30.1 Å². The molecular weight excluding hydrogens is 378 g/mol. The fourth-order valence-corrected chi connectivity index (χ4v) is 2.79. The van der Waals surface area contributed by atoms with Gasteiger partial charge in [-0.1, -0.05) is 37.3 Å². The summed E-state index contributed by atoms with van der Waals surface area (Å²) in [5.74, 6) is -0.846. The molecular formula is C19H21N5O5. The lowest BCUT2D eigenvalue weighted by molar-refractivity contribution is -0.131. The Bertz CT molecular complexity index is 924. The van der Waals surface area contributed by atoms with Crippen molar-refractivity contribution < 1.29 is 23.6 Å². The van der Waals surface area contributed by atoms with Gasteiger partial charge < -0.3 is 14.8 Å². The summed E-state index contributed by atoms with van der Waals surface area (Å²) < 4.78 is 15.1. The number of nitrogens with zero attached hydrogens (tertiary/aromatic N) is 4. The van der Waals surface area contributed by atoms with Crippen LogP contribution in [0.1, 0.15) is 31.9 Å². The molecule has 10 heteroatoms. The third kappa shape index (κ3) is 4.60. The Labute approximate surface area is 167 Å². The number of hydrogen-bond acceptors (Lipinski definition) is 8. The van der Waals surface area contributed by atoms with E-state index in [1.165, 1.54) is 18.2 Å². The molecule has 0 bridgehead atoms. The molecule has 2 heterocycles. The lowest BCUT2D eigenvalue weighted by atomic mass is 10.1. The number of carbonyl (C=O) groups is 2. The normalized spacial score (nSPS) is 14.9. The highest BCUT2D eigenvalue weighted by molar-refractivity contribution is 6.00. The number of nitrogens with one attached hydrogen (secondary N) is 1. The monoisotopic (exact) mass is 399 g/mol. The molecule has 2 amide bonds. The fraction of sp³-hybridized carbons (Fsp3) is 0.316. The highest BCUT2D eigenvalue weighted by Crippen LogP contribution is 2.22. The van der Waals surface area contributed by atoms with E-state index in [0.29, 0.717) is 12.1 Å².